The topological polar surface area (TPSA) is 20.3 Å². The molecular formula is C20H31NO. The molecule has 0 bridgehead atoms. The molecule has 0 spiro atoms. The zero-order chi connectivity index (χ0) is 15.6. The van der Waals surface area contributed by atoms with Gasteiger partial charge < -0.3 is 0 Å². The highest BCUT2D eigenvalue weighted by Gasteiger charge is 2.31. The molecule has 2 rings (SSSR count). The van der Waals surface area contributed by atoms with E-state index in [4.69, 9.17) is 0 Å². The van der Waals surface area contributed by atoms with Crippen molar-refractivity contribution >= 4 is 5.78 Å². The fourth-order valence-electron chi connectivity index (χ4n) is 3.43. The van der Waals surface area contributed by atoms with E-state index in [1.54, 1.807) is 0 Å². The van der Waals surface area contributed by atoms with Gasteiger partial charge >= 0.3 is 0 Å². The number of rotatable bonds is 10. The highest BCUT2D eigenvalue weighted by molar-refractivity contribution is 5.86. The number of likely N-dealkylation sites (tertiary alicyclic amines) is 1. The number of carbonyl (C=O) groups excluding carboxylic acids is 1. The fraction of sp³-hybridized carbons (Fsp3) is 0.650. The second kappa shape index (κ2) is 9.78. The summed E-state index contributed by atoms with van der Waals surface area (Å²) in [6.07, 6.45) is 11.0. The molecule has 1 unspecified atom stereocenters. The third-order valence-electron chi connectivity index (χ3n) is 4.77. The fourth-order valence-corrected chi connectivity index (χ4v) is 3.43. The van der Waals surface area contributed by atoms with Crippen LogP contribution in [0.15, 0.2) is 30.3 Å². The lowest BCUT2D eigenvalue weighted by Crippen LogP contribution is -2.32. The summed E-state index contributed by atoms with van der Waals surface area (Å²) in [5.74, 6) is 0.460. The third kappa shape index (κ3) is 5.57. The second-order valence-corrected chi connectivity index (χ2v) is 6.60. The molecule has 1 saturated heterocycles. The second-order valence-electron chi connectivity index (χ2n) is 6.60. The molecule has 1 aromatic carbocycles. The molecule has 122 valence electrons. The molecule has 0 aliphatic carbocycles. The maximum Gasteiger partial charge on any atom is 0.151 e. The van der Waals surface area contributed by atoms with E-state index in [1.165, 1.54) is 50.5 Å². The van der Waals surface area contributed by atoms with Crippen LogP contribution in [0.4, 0.5) is 0 Å². The largest absolute Gasteiger partial charge is 0.298 e. The number of benzene rings is 1. The number of ketones is 1. The summed E-state index contributed by atoms with van der Waals surface area (Å²) in [5, 5.41) is 0. The predicted molar refractivity (Wildman–Crippen MR) is 92.9 cm³/mol. The summed E-state index contributed by atoms with van der Waals surface area (Å²) >= 11 is 0. The standard InChI is InChI=1S/C20H31NO/c1-2-3-4-5-6-7-11-14-19-20(22)15-16-21(19)17-18-12-9-8-10-13-18/h8-10,12-13,19H,2-7,11,14-17H2,1H3. The lowest BCUT2D eigenvalue weighted by Gasteiger charge is -2.23. The van der Waals surface area contributed by atoms with Crippen molar-refractivity contribution in [3.63, 3.8) is 0 Å². The van der Waals surface area contributed by atoms with E-state index in [-0.39, 0.29) is 6.04 Å². The Kier molecular flexibility index (Phi) is 7.65. The highest BCUT2D eigenvalue weighted by atomic mass is 16.1. The molecule has 0 radical (unpaired) electrons. The van der Waals surface area contributed by atoms with Crippen LogP contribution in [-0.4, -0.2) is 23.3 Å². The minimum atomic E-state index is 0.177. The van der Waals surface area contributed by atoms with Crippen molar-refractivity contribution in [3.05, 3.63) is 35.9 Å². The Hall–Kier alpha value is -1.15. The van der Waals surface area contributed by atoms with Gasteiger partial charge in [0.1, 0.15) is 0 Å². The molecule has 0 saturated carbocycles. The number of nitrogens with zero attached hydrogens (tertiary/aromatic N) is 1. The Balaban J connectivity index is 1.70. The molecule has 1 aromatic rings. The van der Waals surface area contributed by atoms with E-state index in [0.717, 1.165) is 25.9 Å². The van der Waals surface area contributed by atoms with Gasteiger partial charge in [-0.1, -0.05) is 82.2 Å². The predicted octanol–water partition coefficient (Wildman–Crippen LogP) is 4.97. The van der Waals surface area contributed by atoms with Crippen molar-refractivity contribution in [2.45, 2.75) is 77.3 Å². The first kappa shape index (κ1) is 17.2. The van der Waals surface area contributed by atoms with Gasteiger partial charge in [0.25, 0.3) is 0 Å². The van der Waals surface area contributed by atoms with Gasteiger partial charge in [-0.15, -0.1) is 0 Å². The van der Waals surface area contributed by atoms with E-state index in [0.29, 0.717) is 5.78 Å². The molecule has 22 heavy (non-hydrogen) atoms. The summed E-state index contributed by atoms with van der Waals surface area (Å²) in [6, 6.07) is 10.7. The first-order valence-corrected chi connectivity index (χ1v) is 9.12. The van der Waals surface area contributed by atoms with Crippen molar-refractivity contribution in [1.29, 1.82) is 0 Å². The Morgan fingerprint density at radius 1 is 1.00 bits per heavy atom. The van der Waals surface area contributed by atoms with Gasteiger partial charge in [-0.2, -0.15) is 0 Å². The molecule has 1 aliphatic heterocycles. The van der Waals surface area contributed by atoms with Gasteiger partial charge in [-0.3, -0.25) is 9.69 Å². The van der Waals surface area contributed by atoms with E-state index in [9.17, 15) is 4.79 Å². The number of carbonyl (C=O) groups is 1. The van der Waals surface area contributed by atoms with Crippen LogP contribution in [0.5, 0.6) is 0 Å². The first-order chi connectivity index (χ1) is 10.8. The van der Waals surface area contributed by atoms with Crippen molar-refractivity contribution in [2.75, 3.05) is 6.54 Å². The van der Waals surface area contributed by atoms with Crippen molar-refractivity contribution in [1.82, 2.24) is 4.90 Å². The summed E-state index contributed by atoms with van der Waals surface area (Å²) < 4.78 is 0. The molecular weight excluding hydrogens is 270 g/mol. The van der Waals surface area contributed by atoms with Gasteiger partial charge in [0.2, 0.25) is 0 Å². The van der Waals surface area contributed by atoms with Crippen LogP contribution in [-0.2, 0) is 11.3 Å². The number of hydrogen-bond acceptors (Lipinski definition) is 2. The summed E-state index contributed by atoms with van der Waals surface area (Å²) in [6.45, 7) is 4.12. The van der Waals surface area contributed by atoms with Crippen LogP contribution in [0.2, 0.25) is 0 Å². The van der Waals surface area contributed by atoms with Crippen LogP contribution in [0.1, 0.15) is 70.3 Å². The maximum atomic E-state index is 12.1. The Labute approximate surface area is 135 Å². The van der Waals surface area contributed by atoms with E-state index < -0.39 is 0 Å². The van der Waals surface area contributed by atoms with Crippen LogP contribution >= 0.6 is 0 Å². The minimum absolute atomic E-state index is 0.177. The summed E-state index contributed by atoms with van der Waals surface area (Å²) in [4.78, 5) is 14.5. The quantitative estimate of drug-likeness (QED) is 0.569. The van der Waals surface area contributed by atoms with E-state index in [1.807, 2.05) is 0 Å². The Morgan fingerprint density at radius 3 is 2.41 bits per heavy atom. The number of unbranched alkanes of at least 4 members (excludes halogenated alkanes) is 6. The molecule has 0 aromatic heterocycles. The molecule has 0 amide bonds. The summed E-state index contributed by atoms with van der Waals surface area (Å²) in [7, 11) is 0. The average Bonchev–Trinajstić information content (AvgIpc) is 2.88. The maximum absolute atomic E-state index is 12.1. The molecule has 1 fully saturated rings. The van der Waals surface area contributed by atoms with Crippen LogP contribution < -0.4 is 0 Å². The number of Topliss-reactive ketones (excluding diaryl/α,β-unsaturated/α-hetero) is 1. The molecule has 1 atom stereocenters. The summed E-state index contributed by atoms with van der Waals surface area (Å²) in [5.41, 5.74) is 1.32. The molecule has 1 heterocycles. The van der Waals surface area contributed by atoms with Gasteiger partial charge in [0.05, 0.1) is 6.04 Å². The Bertz CT molecular complexity index is 429. The number of hydrogen-bond donors (Lipinski definition) is 0. The molecule has 1 aliphatic rings. The first-order valence-electron chi connectivity index (χ1n) is 9.12. The third-order valence-corrected chi connectivity index (χ3v) is 4.77. The van der Waals surface area contributed by atoms with Gasteiger partial charge in [0.15, 0.2) is 5.78 Å². The molecule has 2 nitrogen and oxygen atoms in total. The highest BCUT2D eigenvalue weighted by Crippen LogP contribution is 2.22. The van der Waals surface area contributed by atoms with Gasteiger partial charge in [-0.05, 0) is 12.0 Å². The SMILES string of the molecule is CCCCCCCCCC1C(=O)CCN1Cc1ccccc1. The van der Waals surface area contributed by atoms with Gasteiger partial charge in [0, 0.05) is 19.5 Å². The van der Waals surface area contributed by atoms with Crippen LogP contribution in [0, 0.1) is 0 Å². The lowest BCUT2D eigenvalue weighted by molar-refractivity contribution is -0.120. The van der Waals surface area contributed by atoms with Gasteiger partial charge in [-0.25, -0.2) is 0 Å². The van der Waals surface area contributed by atoms with Crippen LogP contribution in [0.25, 0.3) is 0 Å². The average molecular weight is 301 g/mol. The monoisotopic (exact) mass is 301 g/mol. The Morgan fingerprint density at radius 2 is 1.68 bits per heavy atom. The molecule has 2 heteroatoms. The smallest absolute Gasteiger partial charge is 0.151 e. The minimum Gasteiger partial charge on any atom is -0.298 e. The van der Waals surface area contributed by atoms with Crippen molar-refractivity contribution in [2.24, 2.45) is 0 Å². The molecule has 0 N–H and O–H groups in total. The lowest BCUT2D eigenvalue weighted by atomic mass is 10.0. The van der Waals surface area contributed by atoms with E-state index in [2.05, 4.69) is 42.2 Å². The normalized spacial score (nSPS) is 19.0. The van der Waals surface area contributed by atoms with E-state index >= 15 is 0 Å². The van der Waals surface area contributed by atoms with Crippen molar-refractivity contribution < 1.29 is 4.79 Å². The van der Waals surface area contributed by atoms with Crippen molar-refractivity contribution in [3.8, 4) is 0 Å². The zero-order valence-corrected chi connectivity index (χ0v) is 14.1. The van der Waals surface area contributed by atoms with Crippen LogP contribution in [0.3, 0.4) is 0 Å². The zero-order valence-electron chi connectivity index (χ0n) is 14.1.